The predicted octanol–water partition coefficient (Wildman–Crippen LogP) is 5.08. The third kappa shape index (κ3) is 5.72. The van der Waals surface area contributed by atoms with Gasteiger partial charge in [-0.05, 0) is 78.8 Å². The second-order valence-corrected chi connectivity index (χ2v) is 10.4. The Labute approximate surface area is 202 Å². The number of carbonyl (C=O) groups excluding carboxylic acids is 1. The van der Waals surface area contributed by atoms with Crippen molar-refractivity contribution >= 4 is 27.8 Å². The van der Waals surface area contributed by atoms with Gasteiger partial charge in [-0.1, -0.05) is 56.3 Å². The maximum absolute atomic E-state index is 13.4. The summed E-state index contributed by atoms with van der Waals surface area (Å²) in [5, 5.41) is 4.07. The number of carbonyl (C=O) groups is 1. The molecule has 3 aromatic carbocycles. The second-order valence-electron chi connectivity index (χ2n) is 8.59. The van der Waals surface area contributed by atoms with Gasteiger partial charge >= 0.3 is 0 Å². The normalized spacial score (nSPS) is 11.7. The summed E-state index contributed by atoms with van der Waals surface area (Å²) in [6.45, 7) is 9.81. The van der Waals surface area contributed by atoms with E-state index in [0.717, 1.165) is 21.0 Å². The molecule has 0 saturated heterocycles. The molecule has 178 valence electrons. The third-order valence-corrected chi connectivity index (χ3v) is 7.75. The monoisotopic (exact) mass is 477 g/mol. The fraction of sp³-hybridized carbons (Fsp3) is 0.259. The lowest BCUT2D eigenvalue weighted by molar-refractivity contribution is -0.119. The molecular weight excluding hydrogens is 446 g/mol. The average molecular weight is 478 g/mol. The Hall–Kier alpha value is -3.45. The fourth-order valence-electron chi connectivity index (χ4n) is 3.52. The van der Waals surface area contributed by atoms with Crippen LogP contribution in [0.15, 0.2) is 76.7 Å². The van der Waals surface area contributed by atoms with Crippen LogP contribution in [0, 0.1) is 20.8 Å². The summed E-state index contributed by atoms with van der Waals surface area (Å²) < 4.78 is 27.9. The van der Waals surface area contributed by atoms with E-state index in [-0.39, 0.29) is 4.90 Å². The molecule has 3 rings (SSSR count). The number of hydrazone groups is 1. The summed E-state index contributed by atoms with van der Waals surface area (Å²) in [6, 6.07) is 19.3. The number of benzene rings is 3. The Morgan fingerprint density at radius 2 is 1.59 bits per heavy atom. The molecule has 1 amide bonds. The van der Waals surface area contributed by atoms with E-state index in [1.165, 1.54) is 23.3 Å². The molecule has 0 saturated carbocycles. The molecule has 34 heavy (non-hydrogen) atoms. The van der Waals surface area contributed by atoms with Gasteiger partial charge < -0.3 is 0 Å². The van der Waals surface area contributed by atoms with Crippen molar-refractivity contribution in [1.29, 1.82) is 0 Å². The number of sulfonamides is 1. The van der Waals surface area contributed by atoms with Crippen molar-refractivity contribution in [2.45, 2.75) is 45.4 Å². The van der Waals surface area contributed by atoms with Gasteiger partial charge in [-0.15, -0.1) is 0 Å². The lowest BCUT2D eigenvalue weighted by Gasteiger charge is -2.24. The standard InChI is InChI=1S/C27H31N3O3S/c1-19(2)23-13-15-25(16-14-23)30(34(32,33)26-9-7-6-8-10-26)18-27(31)29-28-17-24-12-11-20(3)21(4)22(24)5/h6-17,19H,18H2,1-5H3,(H,29,31)/b28-17-. The Morgan fingerprint density at radius 1 is 0.941 bits per heavy atom. The van der Waals surface area contributed by atoms with Crippen molar-refractivity contribution in [2.75, 3.05) is 10.8 Å². The van der Waals surface area contributed by atoms with Crippen LogP contribution in [-0.2, 0) is 14.8 Å². The highest BCUT2D eigenvalue weighted by Crippen LogP contribution is 2.25. The Morgan fingerprint density at radius 3 is 2.21 bits per heavy atom. The van der Waals surface area contributed by atoms with Gasteiger partial charge in [-0.25, -0.2) is 13.8 Å². The summed E-state index contributed by atoms with van der Waals surface area (Å²) >= 11 is 0. The molecular formula is C27H31N3O3S. The van der Waals surface area contributed by atoms with Gasteiger partial charge in [0.25, 0.3) is 15.9 Å². The molecule has 0 aromatic heterocycles. The van der Waals surface area contributed by atoms with Crippen LogP contribution in [0.25, 0.3) is 0 Å². The molecule has 7 heteroatoms. The minimum absolute atomic E-state index is 0.116. The van der Waals surface area contributed by atoms with Crippen LogP contribution in [-0.4, -0.2) is 27.1 Å². The van der Waals surface area contributed by atoms with Crippen LogP contribution in [0.5, 0.6) is 0 Å². The van der Waals surface area contributed by atoms with Crippen molar-refractivity contribution in [3.63, 3.8) is 0 Å². The zero-order valence-electron chi connectivity index (χ0n) is 20.2. The van der Waals surface area contributed by atoms with E-state index >= 15 is 0 Å². The maximum atomic E-state index is 13.4. The first-order valence-electron chi connectivity index (χ1n) is 11.2. The summed E-state index contributed by atoms with van der Waals surface area (Å²) in [7, 11) is -3.96. The maximum Gasteiger partial charge on any atom is 0.264 e. The van der Waals surface area contributed by atoms with Crippen LogP contribution < -0.4 is 9.73 Å². The van der Waals surface area contributed by atoms with E-state index < -0.39 is 22.5 Å². The molecule has 0 heterocycles. The number of nitrogens with zero attached hydrogens (tertiary/aromatic N) is 2. The number of hydrogen-bond acceptors (Lipinski definition) is 4. The third-order valence-electron chi connectivity index (χ3n) is 5.96. The number of amides is 1. The van der Waals surface area contributed by atoms with E-state index in [1.54, 1.807) is 36.5 Å². The first kappa shape index (κ1) is 25.2. The van der Waals surface area contributed by atoms with Crippen LogP contribution in [0.1, 0.15) is 47.6 Å². The van der Waals surface area contributed by atoms with Gasteiger partial charge in [0.2, 0.25) is 0 Å². The second kappa shape index (κ2) is 10.7. The molecule has 0 fully saturated rings. The summed E-state index contributed by atoms with van der Waals surface area (Å²) in [4.78, 5) is 12.9. The van der Waals surface area contributed by atoms with Gasteiger partial charge in [0.05, 0.1) is 16.8 Å². The van der Waals surface area contributed by atoms with Gasteiger partial charge in [-0.2, -0.15) is 5.10 Å². The van der Waals surface area contributed by atoms with E-state index in [0.29, 0.717) is 11.6 Å². The molecule has 0 radical (unpaired) electrons. The summed E-state index contributed by atoms with van der Waals surface area (Å²) in [5.74, 6) is -0.232. The number of aryl methyl sites for hydroxylation is 1. The predicted molar refractivity (Wildman–Crippen MR) is 138 cm³/mol. The minimum atomic E-state index is -3.96. The topological polar surface area (TPSA) is 78.8 Å². The molecule has 0 aliphatic carbocycles. The van der Waals surface area contributed by atoms with E-state index in [1.807, 2.05) is 45.0 Å². The molecule has 3 aromatic rings. The molecule has 6 nitrogen and oxygen atoms in total. The summed E-state index contributed by atoms with van der Waals surface area (Å²) in [6.07, 6.45) is 1.58. The van der Waals surface area contributed by atoms with Crippen LogP contribution in [0.4, 0.5) is 5.69 Å². The minimum Gasteiger partial charge on any atom is -0.271 e. The molecule has 0 atom stereocenters. The highest BCUT2D eigenvalue weighted by atomic mass is 32.2. The van der Waals surface area contributed by atoms with E-state index in [9.17, 15) is 13.2 Å². The zero-order valence-corrected chi connectivity index (χ0v) is 21.1. The lowest BCUT2D eigenvalue weighted by Crippen LogP contribution is -2.39. The van der Waals surface area contributed by atoms with E-state index in [2.05, 4.69) is 24.4 Å². The Kier molecular flexibility index (Phi) is 7.89. The van der Waals surface area contributed by atoms with Crippen molar-refractivity contribution in [1.82, 2.24) is 5.43 Å². The van der Waals surface area contributed by atoms with Gasteiger partial charge in [-0.3, -0.25) is 9.10 Å². The zero-order chi connectivity index (χ0) is 24.9. The Bertz CT molecular complexity index is 1280. The molecule has 0 unspecified atom stereocenters. The van der Waals surface area contributed by atoms with Crippen LogP contribution in [0.3, 0.4) is 0 Å². The van der Waals surface area contributed by atoms with Crippen molar-refractivity contribution in [3.8, 4) is 0 Å². The van der Waals surface area contributed by atoms with Crippen molar-refractivity contribution < 1.29 is 13.2 Å². The smallest absolute Gasteiger partial charge is 0.264 e. The average Bonchev–Trinajstić information content (AvgIpc) is 2.83. The highest BCUT2D eigenvalue weighted by molar-refractivity contribution is 7.92. The molecule has 0 aliphatic heterocycles. The Balaban J connectivity index is 1.85. The SMILES string of the molecule is Cc1ccc(/C=N\NC(=O)CN(c2ccc(C(C)C)cc2)S(=O)(=O)c2ccccc2)c(C)c1C. The number of anilines is 1. The van der Waals surface area contributed by atoms with E-state index in [4.69, 9.17) is 0 Å². The largest absolute Gasteiger partial charge is 0.271 e. The van der Waals surface area contributed by atoms with Crippen LogP contribution in [0.2, 0.25) is 0 Å². The highest BCUT2D eigenvalue weighted by Gasteiger charge is 2.27. The van der Waals surface area contributed by atoms with Gasteiger partial charge in [0, 0.05) is 0 Å². The molecule has 0 spiro atoms. The summed E-state index contributed by atoms with van der Waals surface area (Å²) in [5.41, 5.74) is 8.29. The van der Waals surface area contributed by atoms with Crippen LogP contribution >= 0.6 is 0 Å². The first-order valence-corrected chi connectivity index (χ1v) is 12.6. The lowest BCUT2D eigenvalue weighted by atomic mass is 10.00. The molecule has 0 aliphatic rings. The molecule has 1 N–H and O–H groups in total. The number of nitrogens with one attached hydrogen (secondary N) is 1. The fourth-order valence-corrected chi connectivity index (χ4v) is 4.96. The molecule has 0 bridgehead atoms. The van der Waals surface area contributed by atoms with Crippen molar-refractivity contribution in [2.24, 2.45) is 5.10 Å². The van der Waals surface area contributed by atoms with Crippen molar-refractivity contribution in [3.05, 3.63) is 94.5 Å². The van der Waals surface area contributed by atoms with Gasteiger partial charge in [0.15, 0.2) is 0 Å². The van der Waals surface area contributed by atoms with Gasteiger partial charge in [0.1, 0.15) is 6.54 Å². The quantitative estimate of drug-likeness (QED) is 0.363. The number of rotatable bonds is 8. The number of hydrogen-bond donors (Lipinski definition) is 1. The first-order chi connectivity index (χ1) is 16.1.